The fraction of sp³-hybridized carbons (Fsp3) is 0.286. The van der Waals surface area contributed by atoms with Gasteiger partial charge < -0.3 is 5.73 Å². The lowest BCUT2D eigenvalue weighted by molar-refractivity contribution is 1.12. The van der Waals surface area contributed by atoms with Crippen LogP contribution < -0.4 is 5.73 Å². The van der Waals surface area contributed by atoms with E-state index in [4.69, 9.17) is 5.73 Å². The zero-order chi connectivity index (χ0) is 6.69. The molecule has 2 nitrogen and oxygen atoms in total. The summed E-state index contributed by atoms with van der Waals surface area (Å²) in [4.78, 5) is 4.05. The van der Waals surface area contributed by atoms with E-state index in [2.05, 4.69) is 4.99 Å². The summed E-state index contributed by atoms with van der Waals surface area (Å²) in [6, 6.07) is 0. The molecule has 1 rings (SSSR count). The van der Waals surface area contributed by atoms with Gasteiger partial charge in [-0.2, -0.15) is 0 Å². The second-order valence-electron chi connectivity index (χ2n) is 2.12. The molecule has 0 unspecified atom stereocenters. The molecule has 0 aromatic heterocycles. The Morgan fingerprint density at radius 3 is 3.11 bits per heavy atom. The minimum absolute atomic E-state index is 0.633. The van der Waals surface area contributed by atoms with Gasteiger partial charge in [0.25, 0.3) is 0 Å². The van der Waals surface area contributed by atoms with E-state index in [0.717, 1.165) is 11.3 Å². The second-order valence-corrected chi connectivity index (χ2v) is 2.12. The van der Waals surface area contributed by atoms with Crippen LogP contribution in [0.3, 0.4) is 0 Å². The normalized spacial score (nSPS) is 18.3. The lowest BCUT2D eigenvalue weighted by atomic mass is 10.3. The van der Waals surface area contributed by atoms with Crippen LogP contribution in [-0.2, 0) is 0 Å². The summed E-state index contributed by atoms with van der Waals surface area (Å²) in [5.74, 6) is 0. The molecule has 0 aliphatic carbocycles. The van der Waals surface area contributed by atoms with E-state index in [0.29, 0.717) is 6.54 Å². The predicted octanol–water partition coefficient (Wildman–Crippen LogP) is 0.860. The largest absolute Gasteiger partial charge is 0.401 e. The van der Waals surface area contributed by atoms with Gasteiger partial charge >= 0.3 is 0 Å². The van der Waals surface area contributed by atoms with Crippen LogP contribution in [0.5, 0.6) is 0 Å². The third-order valence-corrected chi connectivity index (χ3v) is 1.13. The van der Waals surface area contributed by atoms with Gasteiger partial charge in [0.05, 0.1) is 6.54 Å². The Hall–Kier alpha value is -1.05. The lowest BCUT2D eigenvalue weighted by Crippen LogP contribution is -1.98. The summed E-state index contributed by atoms with van der Waals surface area (Å²) in [7, 11) is 0. The summed E-state index contributed by atoms with van der Waals surface area (Å²) in [6.07, 6.45) is 5.69. The summed E-state index contributed by atoms with van der Waals surface area (Å²) in [5, 5.41) is 0. The zero-order valence-electron chi connectivity index (χ0n) is 5.46. The maximum Gasteiger partial charge on any atom is 0.0784 e. The number of rotatable bonds is 0. The number of aliphatic imine (C=N–C) groups is 1. The average molecular weight is 122 g/mol. The number of nitrogens with zero attached hydrogens (tertiary/aromatic N) is 1. The Balaban J connectivity index is 2.80. The average Bonchev–Trinajstić information content (AvgIpc) is 1.97. The highest BCUT2D eigenvalue weighted by Gasteiger charge is 1.89. The van der Waals surface area contributed by atoms with E-state index in [1.165, 1.54) is 0 Å². The number of hydrogen-bond acceptors (Lipinski definition) is 2. The Morgan fingerprint density at radius 2 is 2.33 bits per heavy atom. The molecule has 1 heterocycles. The van der Waals surface area contributed by atoms with E-state index in [1.807, 2.05) is 25.3 Å². The topological polar surface area (TPSA) is 38.4 Å². The zero-order valence-corrected chi connectivity index (χ0v) is 5.46. The molecular weight excluding hydrogens is 112 g/mol. The van der Waals surface area contributed by atoms with Gasteiger partial charge in [0, 0.05) is 11.9 Å². The lowest BCUT2D eigenvalue weighted by Gasteiger charge is -1.87. The van der Waals surface area contributed by atoms with E-state index >= 15 is 0 Å². The number of hydrogen-bond donors (Lipinski definition) is 1. The van der Waals surface area contributed by atoms with Crippen LogP contribution in [0.1, 0.15) is 6.92 Å². The minimum Gasteiger partial charge on any atom is -0.401 e. The smallest absolute Gasteiger partial charge is 0.0784 e. The van der Waals surface area contributed by atoms with Gasteiger partial charge in [-0.3, -0.25) is 4.99 Å². The van der Waals surface area contributed by atoms with Crippen molar-refractivity contribution >= 4 is 6.21 Å². The molecule has 0 bridgehead atoms. The Kier molecular flexibility index (Phi) is 1.68. The molecule has 1 aliphatic rings. The molecular formula is C7H10N2. The van der Waals surface area contributed by atoms with Gasteiger partial charge in [-0.1, -0.05) is 6.08 Å². The van der Waals surface area contributed by atoms with Crippen LogP contribution in [0.4, 0.5) is 0 Å². The van der Waals surface area contributed by atoms with Crippen LogP contribution >= 0.6 is 0 Å². The Morgan fingerprint density at radius 1 is 1.56 bits per heavy atom. The van der Waals surface area contributed by atoms with Crippen molar-refractivity contribution in [1.82, 2.24) is 0 Å². The van der Waals surface area contributed by atoms with Gasteiger partial charge in [0.1, 0.15) is 0 Å². The highest BCUT2D eigenvalue weighted by molar-refractivity contribution is 5.78. The van der Waals surface area contributed by atoms with Crippen molar-refractivity contribution in [1.29, 1.82) is 0 Å². The molecule has 48 valence electrons. The van der Waals surface area contributed by atoms with E-state index in [9.17, 15) is 0 Å². The highest BCUT2D eigenvalue weighted by Crippen LogP contribution is 1.96. The molecule has 0 atom stereocenters. The molecule has 9 heavy (non-hydrogen) atoms. The van der Waals surface area contributed by atoms with Crippen molar-refractivity contribution in [3.63, 3.8) is 0 Å². The van der Waals surface area contributed by atoms with Gasteiger partial charge in [0.2, 0.25) is 0 Å². The van der Waals surface area contributed by atoms with Crippen LogP contribution in [-0.4, -0.2) is 12.8 Å². The van der Waals surface area contributed by atoms with Crippen molar-refractivity contribution < 1.29 is 0 Å². The van der Waals surface area contributed by atoms with Crippen molar-refractivity contribution in [2.75, 3.05) is 6.54 Å². The minimum atomic E-state index is 0.633. The Labute approximate surface area is 54.8 Å². The van der Waals surface area contributed by atoms with E-state index in [-0.39, 0.29) is 0 Å². The quantitative estimate of drug-likeness (QED) is 0.508. The monoisotopic (exact) mass is 122 g/mol. The molecule has 0 aromatic rings. The molecule has 1 aliphatic heterocycles. The standard InChI is InChI=1S/C7H10N2/c1-6-2-3-7(8)5-9-4-6/h2-4H,5,8H2,1H3. The SMILES string of the molecule is CC1=CC=C(N)CN=C1. The summed E-state index contributed by atoms with van der Waals surface area (Å²) >= 11 is 0. The Bertz CT molecular complexity index is 187. The molecule has 0 fully saturated rings. The highest BCUT2D eigenvalue weighted by atomic mass is 14.8. The van der Waals surface area contributed by atoms with Gasteiger partial charge in [-0.15, -0.1) is 0 Å². The van der Waals surface area contributed by atoms with Crippen molar-refractivity contribution in [3.05, 3.63) is 23.4 Å². The molecule has 0 saturated heterocycles. The second kappa shape index (κ2) is 2.49. The van der Waals surface area contributed by atoms with E-state index in [1.54, 1.807) is 0 Å². The number of nitrogens with two attached hydrogens (primary N) is 1. The van der Waals surface area contributed by atoms with E-state index < -0.39 is 0 Å². The maximum absolute atomic E-state index is 5.50. The van der Waals surface area contributed by atoms with Crippen LogP contribution in [0.25, 0.3) is 0 Å². The molecule has 2 N–H and O–H groups in total. The summed E-state index contributed by atoms with van der Waals surface area (Å²) in [6.45, 7) is 2.63. The van der Waals surface area contributed by atoms with Gasteiger partial charge in [0.15, 0.2) is 0 Å². The molecule has 0 saturated carbocycles. The fourth-order valence-corrected chi connectivity index (χ4v) is 0.629. The van der Waals surface area contributed by atoms with Crippen molar-refractivity contribution in [3.8, 4) is 0 Å². The third kappa shape index (κ3) is 1.72. The molecule has 0 spiro atoms. The first kappa shape index (κ1) is 6.08. The first-order chi connectivity index (χ1) is 4.29. The molecule has 0 aromatic carbocycles. The first-order valence-corrected chi connectivity index (χ1v) is 2.92. The van der Waals surface area contributed by atoms with Crippen LogP contribution in [0, 0.1) is 0 Å². The van der Waals surface area contributed by atoms with Gasteiger partial charge in [-0.25, -0.2) is 0 Å². The summed E-state index contributed by atoms with van der Waals surface area (Å²) < 4.78 is 0. The summed E-state index contributed by atoms with van der Waals surface area (Å²) in [5.41, 5.74) is 7.47. The first-order valence-electron chi connectivity index (χ1n) is 2.92. The maximum atomic E-state index is 5.50. The number of allylic oxidation sites excluding steroid dienone is 3. The molecule has 0 amide bonds. The molecule has 2 heteroatoms. The van der Waals surface area contributed by atoms with Crippen molar-refractivity contribution in [2.45, 2.75) is 6.92 Å². The third-order valence-electron chi connectivity index (χ3n) is 1.13. The fourth-order valence-electron chi connectivity index (χ4n) is 0.629. The molecule has 0 radical (unpaired) electrons. The van der Waals surface area contributed by atoms with Crippen LogP contribution in [0.2, 0.25) is 0 Å². The van der Waals surface area contributed by atoms with Crippen LogP contribution in [0.15, 0.2) is 28.4 Å². The predicted molar refractivity (Wildman–Crippen MR) is 39.4 cm³/mol. The van der Waals surface area contributed by atoms with Crippen molar-refractivity contribution in [2.24, 2.45) is 10.7 Å². The van der Waals surface area contributed by atoms with Gasteiger partial charge in [-0.05, 0) is 18.6 Å².